The number of hydrogen-bond donors (Lipinski definition) is 3. The molecule has 1 aliphatic heterocycles. The number of rotatable bonds is 2. The number of fused-ring (bicyclic) bond motifs is 1. The smallest absolute Gasteiger partial charge is 0.226 e. The van der Waals surface area contributed by atoms with E-state index in [-0.39, 0.29) is 17.2 Å². The topological polar surface area (TPSA) is 99.4 Å². The van der Waals surface area contributed by atoms with Crippen LogP contribution in [-0.4, -0.2) is 31.3 Å². The minimum absolute atomic E-state index is 0.0476. The van der Waals surface area contributed by atoms with Crippen molar-refractivity contribution in [3.63, 3.8) is 0 Å². The Morgan fingerprint density at radius 3 is 2.72 bits per heavy atom. The first-order valence-electron chi connectivity index (χ1n) is 8.28. The summed E-state index contributed by atoms with van der Waals surface area (Å²) in [7, 11) is 0. The number of pyridine rings is 1. The first-order valence-corrected chi connectivity index (χ1v) is 8.28. The number of carbonyl (C=O) groups excluding carboxylic acids is 1. The molecule has 0 aliphatic carbocycles. The molecule has 3 aromatic heterocycles. The minimum Gasteiger partial charge on any atom is -0.309 e. The fraction of sp³-hybridized carbons (Fsp3) is 0.333. The molecule has 25 heavy (non-hydrogen) atoms. The summed E-state index contributed by atoms with van der Waals surface area (Å²) >= 11 is 0. The molecule has 0 spiro atoms. The molecule has 0 saturated carbocycles. The van der Waals surface area contributed by atoms with Gasteiger partial charge in [0.05, 0.1) is 11.4 Å². The van der Waals surface area contributed by atoms with Gasteiger partial charge in [-0.3, -0.25) is 20.0 Å². The van der Waals surface area contributed by atoms with E-state index in [0.29, 0.717) is 12.2 Å². The van der Waals surface area contributed by atoms with Gasteiger partial charge in [0.1, 0.15) is 0 Å². The van der Waals surface area contributed by atoms with E-state index in [1.165, 1.54) is 0 Å². The van der Waals surface area contributed by atoms with Crippen LogP contribution in [0.4, 0.5) is 5.82 Å². The zero-order chi connectivity index (χ0) is 17.6. The van der Waals surface area contributed by atoms with Crippen LogP contribution in [0.2, 0.25) is 0 Å². The summed E-state index contributed by atoms with van der Waals surface area (Å²) in [5.41, 5.74) is 4.62. The molecule has 1 aliphatic rings. The molecule has 4 rings (SSSR count). The van der Waals surface area contributed by atoms with Gasteiger partial charge in [-0.1, -0.05) is 20.8 Å². The summed E-state index contributed by atoms with van der Waals surface area (Å²) in [6, 6.07) is 5.90. The van der Waals surface area contributed by atoms with Crippen LogP contribution in [0.5, 0.6) is 0 Å². The molecule has 1 atom stereocenters. The Balaban J connectivity index is 1.82. The highest BCUT2D eigenvalue weighted by atomic mass is 16.1. The summed E-state index contributed by atoms with van der Waals surface area (Å²) < 4.78 is 0. The van der Waals surface area contributed by atoms with Gasteiger partial charge in [-0.2, -0.15) is 10.2 Å². The van der Waals surface area contributed by atoms with E-state index in [1.807, 2.05) is 18.2 Å². The lowest BCUT2D eigenvalue weighted by atomic mass is 9.86. The van der Waals surface area contributed by atoms with Crippen LogP contribution in [0.1, 0.15) is 50.1 Å². The second kappa shape index (κ2) is 5.54. The van der Waals surface area contributed by atoms with E-state index in [2.05, 4.69) is 51.5 Å². The molecule has 7 nitrogen and oxygen atoms in total. The quantitative estimate of drug-likeness (QED) is 0.670. The van der Waals surface area contributed by atoms with E-state index in [1.54, 1.807) is 12.4 Å². The normalized spacial score (nSPS) is 17.2. The summed E-state index contributed by atoms with van der Waals surface area (Å²) in [4.78, 5) is 16.3. The van der Waals surface area contributed by atoms with Crippen LogP contribution in [0.15, 0.2) is 30.6 Å². The van der Waals surface area contributed by atoms with Crippen molar-refractivity contribution in [3.8, 4) is 11.3 Å². The average Bonchev–Trinajstić information content (AvgIpc) is 3.21. The Labute approximate surface area is 145 Å². The van der Waals surface area contributed by atoms with Crippen molar-refractivity contribution in [3.05, 3.63) is 47.5 Å². The van der Waals surface area contributed by atoms with E-state index in [0.717, 1.165) is 28.2 Å². The Morgan fingerprint density at radius 1 is 1.20 bits per heavy atom. The lowest BCUT2D eigenvalue weighted by Gasteiger charge is -2.22. The molecule has 4 heterocycles. The molecule has 0 saturated heterocycles. The predicted molar refractivity (Wildman–Crippen MR) is 94.2 cm³/mol. The van der Waals surface area contributed by atoms with Crippen LogP contribution in [0.3, 0.4) is 0 Å². The van der Waals surface area contributed by atoms with Gasteiger partial charge in [0.2, 0.25) is 5.91 Å². The van der Waals surface area contributed by atoms with Crippen LogP contribution in [0, 0.1) is 0 Å². The standard InChI is InChI=1S/C18H20N6O/c1-18(2,3)13-8-12(21-22-13)11-7-14(25)20-17-15(11)16(23-24-17)10-5-4-6-19-9-10/h4-6,8-9,11H,7H2,1-3H3,(H,21,22)(H2,20,23,24,25)/t11-/m1/s1. The van der Waals surface area contributed by atoms with Crippen molar-refractivity contribution < 1.29 is 4.79 Å². The van der Waals surface area contributed by atoms with Gasteiger partial charge in [0, 0.05) is 47.0 Å². The van der Waals surface area contributed by atoms with Crippen LogP contribution >= 0.6 is 0 Å². The fourth-order valence-corrected chi connectivity index (χ4v) is 3.15. The van der Waals surface area contributed by atoms with Gasteiger partial charge in [-0.05, 0) is 18.2 Å². The second-order valence-corrected chi connectivity index (χ2v) is 7.37. The lowest BCUT2D eigenvalue weighted by Crippen LogP contribution is -2.23. The molecule has 0 aromatic carbocycles. The molecule has 7 heteroatoms. The van der Waals surface area contributed by atoms with Crippen molar-refractivity contribution >= 4 is 11.7 Å². The number of nitrogens with zero attached hydrogens (tertiary/aromatic N) is 3. The Morgan fingerprint density at radius 2 is 2.04 bits per heavy atom. The van der Waals surface area contributed by atoms with E-state index >= 15 is 0 Å². The summed E-state index contributed by atoms with van der Waals surface area (Å²) in [5, 5.41) is 17.8. The van der Waals surface area contributed by atoms with Gasteiger partial charge >= 0.3 is 0 Å². The summed E-state index contributed by atoms with van der Waals surface area (Å²) in [6.45, 7) is 6.35. The molecule has 0 fully saturated rings. The molecular formula is C18H20N6O. The Hall–Kier alpha value is -2.96. The number of aromatic nitrogens is 5. The number of anilines is 1. The van der Waals surface area contributed by atoms with Gasteiger partial charge in [-0.25, -0.2) is 0 Å². The maximum atomic E-state index is 12.1. The number of nitrogens with one attached hydrogen (secondary N) is 3. The van der Waals surface area contributed by atoms with Gasteiger partial charge in [0.25, 0.3) is 0 Å². The van der Waals surface area contributed by atoms with Crippen LogP contribution in [0.25, 0.3) is 11.3 Å². The first-order chi connectivity index (χ1) is 11.9. The Kier molecular flexibility index (Phi) is 3.45. The third-order valence-electron chi connectivity index (χ3n) is 4.49. The predicted octanol–water partition coefficient (Wildman–Crippen LogP) is 2.97. The van der Waals surface area contributed by atoms with Gasteiger partial charge in [-0.15, -0.1) is 0 Å². The summed E-state index contributed by atoms with van der Waals surface area (Å²) in [6.07, 6.45) is 3.87. The van der Waals surface area contributed by atoms with E-state index < -0.39 is 0 Å². The maximum Gasteiger partial charge on any atom is 0.226 e. The van der Waals surface area contributed by atoms with Gasteiger partial charge < -0.3 is 5.32 Å². The van der Waals surface area contributed by atoms with Gasteiger partial charge in [0.15, 0.2) is 5.82 Å². The second-order valence-electron chi connectivity index (χ2n) is 7.37. The molecule has 3 N–H and O–H groups in total. The molecule has 3 aromatic rings. The lowest BCUT2D eigenvalue weighted by molar-refractivity contribution is -0.116. The molecule has 1 amide bonds. The van der Waals surface area contributed by atoms with Crippen molar-refractivity contribution in [1.29, 1.82) is 0 Å². The highest BCUT2D eigenvalue weighted by Gasteiger charge is 2.33. The molecule has 0 unspecified atom stereocenters. The first kappa shape index (κ1) is 15.6. The van der Waals surface area contributed by atoms with E-state index in [9.17, 15) is 4.79 Å². The SMILES string of the molecule is CC(C)(C)c1cc([C@H]2CC(=O)Nc3n[nH]c(-c4cccnc4)c32)[nH]n1. The highest BCUT2D eigenvalue weighted by Crippen LogP contribution is 2.41. The largest absolute Gasteiger partial charge is 0.309 e. The van der Waals surface area contributed by atoms with Crippen molar-refractivity contribution in [1.82, 2.24) is 25.4 Å². The third-order valence-corrected chi connectivity index (χ3v) is 4.49. The zero-order valence-electron chi connectivity index (χ0n) is 14.4. The molecule has 128 valence electrons. The monoisotopic (exact) mass is 336 g/mol. The van der Waals surface area contributed by atoms with Crippen molar-refractivity contribution in [2.24, 2.45) is 0 Å². The molecule has 0 bridgehead atoms. The Bertz CT molecular complexity index is 919. The maximum absolute atomic E-state index is 12.1. The minimum atomic E-state index is -0.124. The average molecular weight is 336 g/mol. The number of amides is 1. The third kappa shape index (κ3) is 2.71. The molecular weight excluding hydrogens is 316 g/mol. The van der Waals surface area contributed by atoms with Crippen LogP contribution < -0.4 is 5.32 Å². The van der Waals surface area contributed by atoms with Crippen LogP contribution in [-0.2, 0) is 10.2 Å². The summed E-state index contributed by atoms with van der Waals surface area (Å²) in [5.74, 6) is 0.405. The number of H-pyrrole nitrogens is 2. The van der Waals surface area contributed by atoms with E-state index in [4.69, 9.17) is 0 Å². The fourth-order valence-electron chi connectivity index (χ4n) is 3.15. The zero-order valence-corrected chi connectivity index (χ0v) is 14.4. The number of carbonyl (C=O) groups is 1. The van der Waals surface area contributed by atoms with Crippen molar-refractivity contribution in [2.45, 2.75) is 38.5 Å². The molecule has 0 radical (unpaired) electrons. The number of hydrogen-bond acceptors (Lipinski definition) is 4. The number of aromatic amines is 2. The highest BCUT2D eigenvalue weighted by molar-refractivity contribution is 5.95. The van der Waals surface area contributed by atoms with Crippen molar-refractivity contribution in [2.75, 3.05) is 5.32 Å².